The molecule has 3 unspecified atom stereocenters. The van der Waals surface area contributed by atoms with E-state index in [1.54, 1.807) is 0 Å². The van der Waals surface area contributed by atoms with Gasteiger partial charge < -0.3 is 5.11 Å². The summed E-state index contributed by atoms with van der Waals surface area (Å²) in [5, 5.41) is 9.22. The molecular weight excluding hydrogens is 212 g/mol. The lowest BCUT2D eigenvalue weighted by atomic mass is 10.0. The molecule has 3 heteroatoms. The molecular formula is C14H28N2O. The summed E-state index contributed by atoms with van der Waals surface area (Å²) in [7, 11) is 0. The van der Waals surface area contributed by atoms with Crippen LogP contribution >= 0.6 is 0 Å². The highest BCUT2D eigenvalue weighted by Crippen LogP contribution is 2.24. The first kappa shape index (κ1) is 13.3. The fourth-order valence-electron chi connectivity index (χ4n) is 3.28. The van der Waals surface area contributed by atoms with Gasteiger partial charge in [-0.1, -0.05) is 6.92 Å². The van der Waals surface area contributed by atoms with Crippen molar-refractivity contribution in [2.75, 3.05) is 32.8 Å². The second-order valence-corrected chi connectivity index (χ2v) is 5.88. The summed E-state index contributed by atoms with van der Waals surface area (Å²) in [6.07, 6.45) is 5.14. The maximum Gasteiger partial charge on any atom is 0.0471 e. The minimum absolute atomic E-state index is 0.373. The van der Waals surface area contributed by atoms with Crippen molar-refractivity contribution in [2.45, 2.75) is 51.6 Å². The maximum atomic E-state index is 9.22. The van der Waals surface area contributed by atoms with Crippen LogP contribution in [0.5, 0.6) is 0 Å². The van der Waals surface area contributed by atoms with Crippen LogP contribution in [0.3, 0.4) is 0 Å². The molecule has 0 aromatic heterocycles. The first-order chi connectivity index (χ1) is 8.24. The van der Waals surface area contributed by atoms with E-state index in [-0.39, 0.29) is 0 Å². The summed E-state index contributed by atoms with van der Waals surface area (Å²) in [6.45, 7) is 9.85. The summed E-state index contributed by atoms with van der Waals surface area (Å²) >= 11 is 0. The molecule has 0 radical (unpaired) electrons. The zero-order chi connectivity index (χ0) is 12.3. The van der Waals surface area contributed by atoms with Gasteiger partial charge in [-0.15, -0.1) is 0 Å². The molecule has 0 saturated carbocycles. The molecule has 2 aliphatic rings. The van der Waals surface area contributed by atoms with E-state index in [2.05, 4.69) is 23.6 Å². The van der Waals surface area contributed by atoms with Gasteiger partial charge in [-0.25, -0.2) is 0 Å². The average molecular weight is 240 g/mol. The largest absolute Gasteiger partial charge is 0.396 e. The van der Waals surface area contributed by atoms with Crippen LogP contribution < -0.4 is 0 Å². The number of likely N-dealkylation sites (tertiary alicyclic amines) is 2. The van der Waals surface area contributed by atoms with Gasteiger partial charge in [0.1, 0.15) is 0 Å². The molecule has 2 saturated heterocycles. The summed E-state index contributed by atoms with van der Waals surface area (Å²) < 4.78 is 0. The van der Waals surface area contributed by atoms with E-state index in [0.29, 0.717) is 12.5 Å². The first-order valence-corrected chi connectivity index (χ1v) is 7.33. The molecule has 3 nitrogen and oxygen atoms in total. The van der Waals surface area contributed by atoms with Crippen molar-refractivity contribution in [1.82, 2.24) is 9.80 Å². The van der Waals surface area contributed by atoms with E-state index in [1.165, 1.54) is 45.3 Å². The first-order valence-electron chi connectivity index (χ1n) is 7.33. The van der Waals surface area contributed by atoms with Crippen molar-refractivity contribution >= 4 is 0 Å². The van der Waals surface area contributed by atoms with Crippen molar-refractivity contribution in [2.24, 2.45) is 5.92 Å². The second-order valence-electron chi connectivity index (χ2n) is 5.88. The third kappa shape index (κ3) is 3.21. The number of nitrogens with zero attached hydrogens (tertiary/aromatic N) is 2. The number of hydrogen-bond acceptors (Lipinski definition) is 3. The van der Waals surface area contributed by atoms with E-state index in [9.17, 15) is 5.11 Å². The number of hydrogen-bond donors (Lipinski definition) is 1. The second kappa shape index (κ2) is 6.17. The van der Waals surface area contributed by atoms with Crippen molar-refractivity contribution < 1.29 is 5.11 Å². The van der Waals surface area contributed by atoms with Crippen molar-refractivity contribution in [1.29, 1.82) is 0 Å². The van der Waals surface area contributed by atoms with E-state index >= 15 is 0 Å². The topological polar surface area (TPSA) is 26.7 Å². The third-order valence-corrected chi connectivity index (χ3v) is 4.73. The van der Waals surface area contributed by atoms with Gasteiger partial charge in [0.05, 0.1) is 0 Å². The molecule has 0 bridgehead atoms. The quantitative estimate of drug-likeness (QED) is 0.808. The van der Waals surface area contributed by atoms with Crippen LogP contribution in [0.25, 0.3) is 0 Å². The number of piperidine rings is 1. The highest BCUT2D eigenvalue weighted by molar-refractivity contribution is 4.87. The van der Waals surface area contributed by atoms with Gasteiger partial charge in [-0.2, -0.15) is 0 Å². The van der Waals surface area contributed by atoms with Crippen LogP contribution in [-0.2, 0) is 0 Å². The Morgan fingerprint density at radius 2 is 2.06 bits per heavy atom. The van der Waals surface area contributed by atoms with Gasteiger partial charge >= 0.3 is 0 Å². The van der Waals surface area contributed by atoms with Gasteiger partial charge in [0.2, 0.25) is 0 Å². The van der Waals surface area contributed by atoms with E-state index in [0.717, 1.165) is 18.6 Å². The molecule has 3 atom stereocenters. The Hall–Kier alpha value is -0.120. The summed E-state index contributed by atoms with van der Waals surface area (Å²) in [4.78, 5) is 5.27. The highest BCUT2D eigenvalue weighted by atomic mass is 16.3. The molecule has 2 rings (SSSR count). The molecule has 17 heavy (non-hydrogen) atoms. The smallest absolute Gasteiger partial charge is 0.0471 e. The predicted molar refractivity (Wildman–Crippen MR) is 71.1 cm³/mol. The Morgan fingerprint density at radius 3 is 2.71 bits per heavy atom. The molecule has 2 fully saturated rings. The molecule has 1 N–H and O–H groups in total. The zero-order valence-corrected chi connectivity index (χ0v) is 11.4. The van der Waals surface area contributed by atoms with Crippen LogP contribution in [-0.4, -0.2) is 59.8 Å². The maximum absolute atomic E-state index is 9.22. The third-order valence-electron chi connectivity index (χ3n) is 4.73. The fourth-order valence-corrected chi connectivity index (χ4v) is 3.28. The van der Waals surface area contributed by atoms with Gasteiger partial charge in [0, 0.05) is 31.8 Å². The SMILES string of the molecule is CCC(C)N1CCCC(N2CCC(CO)C2)C1. The molecule has 0 aliphatic carbocycles. The van der Waals surface area contributed by atoms with E-state index in [4.69, 9.17) is 0 Å². The number of aliphatic hydroxyl groups excluding tert-OH is 1. The number of aliphatic hydroxyl groups is 1. The molecule has 100 valence electrons. The van der Waals surface area contributed by atoms with Gasteiger partial charge in [0.25, 0.3) is 0 Å². The average Bonchev–Trinajstić information content (AvgIpc) is 2.86. The monoisotopic (exact) mass is 240 g/mol. The Morgan fingerprint density at radius 1 is 1.24 bits per heavy atom. The summed E-state index contributed by atoms with van der Waals surface area (Å²) in [5.41, 5.74) is 0. The fraction of sp³-hybridized carbons (Fsp3) is 1.00. The van der Waals surface area contributed by atoms with Crippen LogP contribution in [0, 0.1) is 5.92 Å². The molecule has 0 aromatic carbocycles. The lowest BCUT2D eigenvalue weighted by Crippen LogP contribution is -2.49. The molecule has 0 spiro atoms. The van der Waals surface area contributed by atoms with E-state index < -0.39 is 0 Å². The minimum atomic E-state index is 0.373. The lowest BCUT2D eigenvalue weighted by molar-refractivity contribution is 0.0831. The van der Waals surface area contributed by atoms with Gasteiger partial charge in [0.15, 0.2) is 0 Å². The van der Waals surface area contributed by atoms with Gasteiger partial charge in [-0.3, -0.25) is 9.80 Å². The van der Waals surface area contributed by atoms with Crippen LogP contribution in [0.1, 0.15) is 39.5 Å². The Bertz CT molecular complexity index is 234. The minimum Gasteiger partial charge on any atom is -0.396 e. The van der Waals surface area contributed by atoms with Crippen molar-refractivity contribution in [3.05, 3.63) is 0 Å². The van der Waals surface area contributed by atoms with Gasteiger partial charge in [-0.05, 0) is 51.6 Å². The van der Waals surface area contributed by atoms with Crippen molar-refractivity contribution in [3.8, 4) is 0 Å². The Labute approximate surface area is 106 Å². The van der Waals surface area contributed by atoms with Crippen LogP contribution in [0.4, 0.5) is 0 Å². The molecule has 2 aliphatic heterocycles. The van der Waals surface area contributed by atoms with Crippen LogP contribution in [0.15, 0.2) is 0 Å². The molecule has 2 heterocycles. The number of rotatable bonds is 4. The van der Waals surface area contributed by atoms with Crippen molar-refractivity contribution in [3.63, 3.8) is 0 Å². The lowest BCUT2D eigenvalue weighted by Gasteiger charge is -2.40. The van der Waals surface area contributed by atoms with Crippen LogP contribution in [0.2, 0.25) is 0 Å². The standard InChI is InChI=1S/C14H28N2O/c1-3-12(2)15-7-4-5-14(10-15)16-8-6-13(9-16)11-17/h12-14,17H,3-11H2,1-2H3. The molecule has 0 amide bonds. The summed E-state index contributed by atoms with van der Waals surface area (Å²) in [6, 6.07) is 1.48. The van der Waals surface area contributed by atoms with E-state index in [1.807, 2.05) is 0 Å². The highest BCUT2D eigenvalue weighted by Gasteiger charge is 2.31. The zero-order valence-electron chi connectivity index (χ0n) is 11.4. The predicted octanol–water partition coefficient (Wildman–Crippen LogP) is 1.56. The normalized spacial score (nSPS) is 34.1. The summed E-state index contributed by atoms with van der Waals surface area (Å²) in [5.74, 6) is 0.536. The Balaban J connectivity index is 1.85. The molecule has 0 aromatic rings. The Kier molecular flexibility index (Phi) is 4.83.